The third-order valence-corrected chi connectivity index (χ3v) is 7.10. The number of carbonyl (C=O) groups is 2. The summed E-state index contributed by atoms with van der Waals surface area (Å²) in [5.74, 6) is -3.53. The molecule has 2 aliphatic heterocycles. The number of ether oxygens (including phenoxy) is 3. The van der Waals surface area contributed by atoms with Crippen LogP contribution in [0.15, 0.2) is 71.2 Å². The first-order chi connectivity index (χ1) is 18.8. The van der Waals surface area contributed by atoms with Crippen molar-refractivity contribution in [3.8, 4) is 11.8 Å². The number of methoxy groups -OCH3 is 2. The Morgan fingerprint density at radius 1 is 1.05 bits per heavy atom. The molecular weight excluding hydrogens is 503 g/mol. The molecule has 1 saturated heterocycles. The van der Waals surface area contributed by atoms with Gasteiger partial charge in [-0.05, 0) is 56.6 Å². The summed E-state index contributed by atoms with van der Waals surface area (Å²) in [7, 11) is 4.35. The maximum atomic E-state index is 15.6. The van der Waals surface area contributed by atoms with Crippen LogP contribution in [0.5, 0.6) is 5.75 Å². The predicted octanol–water partition coefficient (Wildman–Crippen LogP) is 3.44. The molecule has 2 heterocycles. The summed E-state index contributed by atoms with van der Waals surface area (Å²) in [5.41, 5.74) is 6.23. The Balaban J connectivity index is 1.91. The molecule has 1 atom stereocenters. The van der Waals surface area contributed by atoms with Crippen molar-refractivity contribution in [1.82, 2.24) is 4.90 Å². The van der Waals surface area contributed by atoms with Gasteiger partial charge in [0.25, 0.3) is 0 Å². The van der Waals surface area contributed by atoms with E-state index in [-0.39, 0.29) is 40.0 Å². The molecule has 0 amide bonds. The van der Waals surface area contributed by atoms with Gasteiger partial charge < -0.3 is 24.8 Å². The molecule has 0 aromatic heterocycles. The second kappa shape index (κ2) is 12.0. The Morgan fingerprint density at radius 3 is 2.33 bits per heavy atom. The first-order valence-corrected chi connectivity index (χ1v) is 12.6. The summed E-state index contributed by atoms with van der Waals surface area (Å²) < 4.78 is 31.8. The van der Waals surface area contributed by atoms with Crippen LogP contribution >= 0.6 is 0 Å². The Kier molecular flexibility index (Phi) is 8.52. The fourth-order valence-electron chi connectivity index (χ4n) is 5.01. The Labute approximate surface area is 226 Å². The van der Waals surface area contributed by atoms with E-state index in [1.165, 1.54) is 12.1 Å². The molecule has 0 radical (unpaired) electrons. The van der Waals surface area contributed by atoms with Gasteiger partial charge >= 0.3 is 11.9 Å². The Bertz CT molecular complexity index is 1340. The minimum absolute atomic E-state index is 0.0567. The van der Waals surface area contributed by atoms with Crippen LogP contribution in [0.3, 0.4) is 0 Å². The number of allylic oxidation sites excluding steroid dienone is 1. The van der Waals surface area contributed by atoms with Crippen LogP contribution in [0.4, 0.5) is 10.1 Å². The predicted molar refractivity (Wildman–Crippen MR) is 142 cm³/mol. The molecule has 204 valence electrons. The van der Waals surface area contributed by atoms with Crippen molar-refractivity contribution in [3.05, 3.63) is 82.6 Å². The molecule has 0 spiro atoms. The minimum Gasteiger partial charge on any atom is -0.491 e. The largest absolute Gasteiger partial charge is 0.491 e. The fraction of sp³-hybridized carbons (Fsp3) is 0.345. The number of rotatable bonds is 7. The number of nitrogens with two attached hydrogens (primary N) is 1. The zero-order valence-electron chi connectivity index (χ0n) is 22.1. The molecule has 2 aromatic carbocycles. The van der Waals surface area contributed by atoms with Crippen molar-refractivity contribution < 1.29 is 28.2 Å². The van der Waals surface area contributed by atoms with E-state index in [9.17, 15) is 14.9 Å². The lowest BCUT2D eigenvalue weighted by molar-refractivity contribution is -0.139. The van der Waals surface area contributed by atoms with E-state index < -0.39 is 23.7 Å². The van der Waals surface area contributed by atoms with Crippen LogP contribution in [0.25, 0.3) is 0 Å². The van der Waals surface area contributed by atoms with E-state index in [1.54, 1.807) is 36.4 Å². The highest BCUT2D eigenvalue weighted by molar-refractivity contribution is 6.06. The average Bonchev–Trinajstić information content (AvgIpc) is 2.96. The van der Waals surface area contributed by atoms with E-state index in [4.69, 9.17) is 19.9 Å². The Hall–Kier alpha value is -4.36. The number of halogens is 1. The van der Waals surface area contributed by atoms with Gasteiger partial charge in [0, 0.05) is 0 Å². The van der Waals surface area contributed by atoms with Crippen molar-refractivity contribution in [3.63, 3.8) is 0 Å². The first kappa shape index (κ1) is 27.7. The van der Waals surface area contributed by atoms with Gasteiger partial charge in [-0.2, -0.15) is 5.26 Å². The lowest BCUT2D eigenvalue weighted by atomic mass is 9.81. The first-order valence-electron chi connectivity index (χ1n) is 12.6. The SMILES string of the molecule is COC(=O)C1=C(C(=O)OC)N(c2c(F)cccc2OCC2CCN(C)CC2)C(N)=C(C#N)C1c1ccccc1. The zero-order valence-corrected chi connectivity index (χ0v) is 22.1. The Morgan fingerprint density at radius 2 is 1.72 bits per heavy atom. The summed E-state index contributed by atoms with van der Waals surface area (Å²) in [6.07, 6.45) is 1.84. The number of para-hydroxylation sites is 1. The number of nitrogens with zero attached hydrogens (tertiary/aromatic N) is 3. The zero-order chi connectivity index (χ0) is 28.1. The summed E-state index contributed by atoms with van der Waals surface area (Å²) in [5, 5.41) is 10.2. The molecular formula is C29H31FN4O5. The number of nitriles is 1. The molecule has 4 rings (SSSR count). The van der Waals surface area contributed by atoms with E-state index in [1.807, 2.05) is 0 Å². The van der Waals surface area contributed by atoms with Crippen molar-refractivity contribution in [2.45, 2.75) is 18.8 Å². The average molecular weight is 535 g/mol. The summed E-state index contributed by atoms with van der Waals surface area (Å²) in [6.45, 7) is 2.17. The molecule has 1 unspecified atom stereocenters. The number of esters is 2. The van der Waals surface area contributed by atoms with Gasteiger partial charge in [-0.15, -0.1) is 0 Å². The van der Waals surface area contributed by atoms with Crippen molar-refractivity contribution in [2.75, 3.05) is 45.9 Å². The molecule has 2 aliphatic rings. The van der Waals surface area contributed by atoms with Crippen molar-refractivity contribution in [1.29, 1.82) is 5.26 Å². The number of hydrogen-bond donors (Lipinski definition) is 1. The van der Waals surface area contributed by atoms with E-state index in [0.717, 1.165) is 45.1 Å². The summed E-state index contributed by atoms with van der Waals surface area (Å²) in [6, 6.07) is 14.9. The van der Waals surface area contributed by atoms with Crippen LogP contribution in [-0.2, 0) is 19.1 Å². The van der Waals surface area contributed by atoms with E-state index in [2.05, 4.69) is 18.0 Å². The number of carbonyl (C=O) groups excluding carboxylic acids is 2. The number of anilines is 1. The van der Waals surface area contributed by atoms with Crippen LogP contribution in [0.2, 0.25) is 0 Å². The molecule has 39 heavy (non-hydrogen) atoms. The second-order valence-corrected chi connectivity index (χ2v) is 9.48. The van der Waals surface area contributed by atoms with E-state index >= 15 is 4.39 Å². The number of benzene rings is 2. The lowest BCUT2D eigenvalue weighted by Crippen LogP contribution is -2.41. The molecule has 10 heteroatoms. The monoisotopic (exact) mass is 534 g/mol. The molecule has 2 aromatic rings. The topological polar surface area (TPSA) is 118 Å². The number of likely N-dealkylation sites (tertiary alicyclic amines) is 1. The second-order valence-electron chi connectivity index (χ2n) is 9.48. The minimum atomic E-state index is -1.05. The molecule has 1 fully saturated rings. The van der Waals surface area contributed by atoms with Gasteiger partial charge in [0.1, 0.15) is 23.0 Å². The van der Waals surface area contributed by atoms with Gasteiger partial charge in [0.05, 0.1) is 44.0 Å². The van der Waals surface area contributed by atoms with Gasteiger partial charge in [0.2, 0.25) is 0 Å². The quantitative estimate of drug-likeness (QED) is 0.533. The van der Waals surface area contributed by atoms with Gasteiger partial charge in [-0.3, -0.25) is 4.90 Å². The molecule has 0 aliphatic carbocycles. The molecule has 9 nitrogen and oxygen atoms in total. The highest BCUT2D eigenvalue weighted by Gasteiger charge is 2.44. The fourth-order valence-corrected chi connectivity index (χ4v) is 5.01. The molecule has 0 bridgehead atoms. The van der Waals surface area contributed by atoms with Crippen LogP contribution in [0, 0.1) is 23.1 Å². The third-order valence-electron chi connectivity index (χ3n) is 7.10. The van der Waals surface area contributed by atoms with Crippen LogP contribution in [-0.4, -0.2) is 57.8 Å². The highest BCUT2D eigenvalue weighted by Crippen LogP contribution is 2.46. The number of hydrogen-bond acceptors (Lipinski definition) is 9. The van der Waals surface area contributed by atoms with Gasteiger partial charge in [-0.25, -0.2) is 14.0 Å². The maximum Gasteiger partial charge on any atom is 0.355 e. The lowest BCUT2D eigenvalue weighted by Gasteiger charge is -2.36. The number of piperidine rings is 1. The van der Waals surface area contributed by atoms with Crippen molar-refractivity contribution in [2.24, 2.45) is 11.7 Å². The van der Waals surface area contributed by atoms with Gasteiger partial charge in [-0.1, -0.05) is 36.4 Å². The standard InChI is InChI=1S/C29H31FN4O5/c1-33-14-12-18(13-15-33)17-39-22-11-7-10-21(30)25(22)34-26(29(36)38-3)24(28(35)37-2)23(20(16-31)27(34)32)19-8-5-4-6-9-19/h4-11,18,23H,12-15,17,32H2,1-3H3. The van der Waals surface area contributed by atoms with E-state index in [0.29, 0.717) is 12.2 Å². The van der Waals surface area contributed by atoms with Crippen LogP contribution < -0.4 is 15.4 Å². The summed E-state index contributed by atoms with van der Waals surface area (Å²) in [4.78, 5) is 29.8. The normalized spacial score (nSPS) is 18.5. The van der Waals surface area contributed by atoms with Crippen molar-refractivity contribution >= 4 is 17.6 Å². The molecule has 0 saturated carbocycles. The highest BCUT2D eigenvalue weighted by atomic mass is 19.1. The third kappa shape index (κ3) is 5.45. The summed E-state index contributed by atoms with van der Waals surface area (Å²) >= 11 is 0. The van der Waals surface area contributed by atoms with Gasteiger partial charge in [0.15, 0.2) is 5.82 Å². The maximum absolute atomic E-state index is 15.6. The molecule has 2 N–H and O–H groups in total. The smallest absolute Gasteiger partial charge is 0.355 e. The van der Waals surface area contributed by atoms with Crippen LogP contribution in [0.1, 0.15) is 24.3 Å².